The summed E-state index contributed by atoms with van der Waals surface area (Å²) in [7, 11) is 1.51. The highest BCUT2D eigenvalue weighted by molar-refractivity contribution is 6.22. The Labute approximate surface area is 182 Å². The van der Waals surface area contributed by atoms with Gasteiger partial charge in [0.15, 0.2) is 5.78 Å². The van der Waals surface area contributed by atoms with Crippen molar-refractivity contribution < 1.29 is 27.8 Å². The lowest BCUT2D eigenvalue weighted by Gasteiger charge is -2.11. The smallest absolute Gasteiger partial charge is 0.356 e. The summed E-state index contributed by atoms with van der Waals surface area (Å²) in [5.74, 6) is -1.62. The number of esters is 1. The normalized spacial score (nSPS) is 10.9. The van der Waals surface area contributed by atoms with Crippen LogP contribution in [0.5, 0.6) is 5.75 Å². The third-order valence-electron chi connectivity index (χ3n) is 5.06. The molecule has 0 radical (unpaired) electrons. The van der Waals surface area contributed by atoms with E-state index in [1.165, 1.54) is 54.1 Å². The van der Waals surface area contributed by atoms with Gasteiger partial charge in [-0.25, -0.2) is 13.6 Å². The van der Waals surface area contributed by atoms with Crippen molar-refractivity contribution in [1.82, 2.24) is 4.57 Å². The predicted octanol–water partition coefficient (Wildman–Crippen LogP) is 5.33. The molecular weight excluding hydrogens is 416 g/mol. The zero-order chi connectivity index (χ0) is 22.8. The van der Waals surface area contributed by atoms with Gasteiger partial charge in [0.1, 0.15) is 23.1 Å². The fourth-order valence-corrected chi connectivity index (χ4v) is 3.63. The van der Waals surface area contributed by atoms with Crippen molar-refractivity contribution in [3.8, 4) is 11.4 Å². The van der Waals surface area contributed by atoms with Crippen LogP contribution in [0, 0.1) is 11.6 Å². The molecule has 32 heavy (non-hydrogen) atoms. The predicted molar refractivity (Wildman–Crippen MR) is 116 cm³/mol. The van der Waals surface area contributed by atoms with Crippen LogP contribution in [0.3, 0.4) is 0 Å². The molecule has 162 valence electrons. The van der Waals surface area contributed by atoms with E-state index in [-0.39, 0.29) is 23.4 Å². The van der Waals surface area contributed by atoms with E-state index in [9.17, 15) is 18.4 Å². The third-order valence-corrected chi connectivity index (χ3v) is 5.06. The molecule has 3 aromatic carbocycles. The number of benzene rings is 3. The van der Waals surface area contributed by atoms with Crippen molar-refractivity contribution in [1.29, 1.82) is 0 Å². The van der Waals surface area contributed by atoms with Gasteiger partial charge in [0.05, 0.1) is 24.8 Å². The maximum atomic E-state index is 14.2. The van der Waals surface area contributed by atoms with E-state index in [2.05, 4.69) is 0 Å². The molecule has 5 nitrogen and oxygen atoms in total. The summed E-state index contributed by atoms with van der Waals surface area (Å²) < 4.78 is 39.6. The van der Waals surface area contributed by atoms with Gasteiger partial charge in [-0.15, -0.1) is 0 Å². The van der Waals surface area contributed by atoms with Crippen molar-refractivity contribution in [3.05, 3.63) is 95.2 Å². The molecule has 0 atom stereocenters. The van der Waals surface area contributed by atoms with Gasteiger partial charge in [0, 0.05) is 16.6 Å². The lowest BCUT2D eigenvalue weighted by atomic mass is 10.00. The van der Waals surface area contributed by atoms with Crippen LogP contribution < -0.4 is 4.74 Å². The van der Waals surface area contributed by atoms with E-state index in [0.29, 0.717) is 22.4 Å². The fourth-order valence-electron chi connectivity index (χ4n) is 3.63. The maximum Gasteiger partial charge on any atom is 0.356 e. The van der Waals surface area contributed by atoms with Crippen LogP contribution in [0.25, 0.3) is 16.6 Å². The summed E-state index contributed by atoms with van der Waals surface area (Å²) in [6.07, 6.45) is 0. The summed E-state index contributed by atoms with van der Waals surface area (Å²) in [6.45, 7) is 1.72. The van der Waals surface area contributed by atoms with Crippen LogP contribution in [-0.2, 0) is 4.74 Å². The molecule has 0 aliphatic rings. The molecule has 0 saturated heterocycles. The van der Waals surface area contributed by atoms with Crippen molar-refractivity contribution in [2.24, 2.45) is 0 Å². The standard InChI is InChI=1S/C25H19F2NO4/c1-3-32-25(30)23-22(24(29)15-4-11-19(31-2)12-5-15)20-13-8-17(27)14-21(20)28(23)18-9-6-16(26)7-10-18/h4-14H,3H2,1-2H3. The molecule has 0 unspecified atom stereocenters. The van der Waals surface area contributed by atoms with Gasteiger partial charge in [-0.2, -0.15) is 0 Å². The molecule has 0 aliphatic carbocycles. The summed E-state index contributed by atoms with van der Waals surface area (Å²) in [4.78, 5) is 26.6. The van der Waals surface area contributed by atoms with Crippen molar-refractivity contribution in [3.63, 3.8) is 0 Å². The first kappa shape index (κ1) is 21.2. The lowest BCUT2D eigenvalue weighted by molar-refractivity contribution is 0.0514. The van der Waals surface area contributed by atoms with Gasteiger partial charge < -0.3 is 14.0 Å². The zero-order valence-electron chi connectivity index (χ0n) is 17.4. The monoisotopic (exact) mass is 435 g/mol. The Morgan fingerprint density at radius 1 is 0.906 bits per heavy atom. The number of aromatic nitrogens is 1. The zero-order valence-corrected chi connectivity index (χ0v) is 17.4. The van der Waals surface area contributed by atoms with Crippen molar-refractivity contribution in [2.45, 2.75) is 6.92 Å². The van der Waals surface area contributed by atoms with Crippen LogP contribution in [0.15, 0.2) is 66.7 Å². The van der Waals surface area contributed by atoms with Crippen LogP contribution in [0.2, 0.25) is 0 Å². The highest BCUT2D eigenvalue weighted by atomic mass is 19.1. The Bertz CT molecular complexity index is 1310. The minimum absolute atomic E-state index is 0.0557. The Hall–Kier alpha value is -4.00. The molecule has 0 bridgehead atoms. The van der Waals surface area contributed by atoms with E-state index in [1.54, 1.807) is 31.2 Å². The molecule has 1 aromatic heterocycles. The van der Waals surface area contributed by atoms with Gasteiger partial charge in [0.2, 0.25) is 0 Å². The topological polar surface area (TPSA) is 57.5 Å². The van der Waals surface area contributed by atoms with Crippen LogP contribution >= 0.6 is 0 Å². The van der Waals surface area contributed by atoms with Crippen LogP contribution in [-0.4, -0.2) is 30.0 Å². The Kier molecular flexibility index (Phi) is 5.73. The van der Waals surface area contributed by atoms with Gasteiger partial charge in [-0.3, -0.25) is 4.79 Å². The quantitative estimate of drug-likeness (QED) is 0.304. The largest absolute Gasteiger partial charge is 0.497 e. The number of fused-ring (bicyclic) bond motifs is 1. The van der Waals surface area contributed by atoms with Crippen LogP contribution in [0.1, 0.15) is 33.3 Å². The third kappa shape index (κ3) is 3.73. The number of carbonyl (C=O) groups excluding carboxylic acids is 2. The number of ether oxygens (including phenoxy) is 2. The highest BCUT2D eigenvalue weighted by Crippen LogP contribution is 2.33. The molecule has 0 amide bonds. The van der Waals surface area contributed by atoms with E-state index in [4.69, 9.17) is 9.47 Å². The number of nitrogens with zero attached hydrogens (tertiary/aromatic N) is 1. The Balaban J connectivity index is 2.04. The van der Waals surface area contributed by atoms with E-state index in [1.807, 2.05) is 0 Å². The molecule has 1 heterocycles. The number of ketones is 1. The van der Waals surface area contributed by atoms with E-state index < -0.39 is 23.4 Å². The molecule has 4 aromatic rings. The number of hydrogen-bond donors (Lipinski definition) is 0. The fraction of sp³-hybridized carbons (Fsp3) is 0.120. The second kappa shape index (κ2) is 8.63. The summed E-state index contributed by atoms with van der Waals surface area (Å²) >= 11 is 0. The highest BCUT2D eigenvalue weighted by Gasteiger charge is 2.30. The summed E-state index contributed by atoms with van der Waals surface area (Å²) in [6, 6.07) is 15.7. The Morgan fingerprint density at radius 3 is 2.19 bits per heavy atom. The van der Waals surface area contributed by atoms with Crippen LogP contribution in [0.4, 0.5) is 8.78 Å². The minimum atomic E-state index is -0.745. The first-order chi connectivity index (χ1) is 15.4. The Morgan fingerprint density at radius 2 is 1.56 bits per heavy atom. The lowest BCUT2D eigenvalue weighted by Crippen LogP contribution is -2.16. The van der Waals surface area contributed by atoms with E-state index >= 15 is 0 Å². The van der Waals surface area contributed by atoms with Gasteiger partial charge in [0.25, 0.3) is 0 Å². The molecule has 0 fully saturated rings. The average Bonchev–Trinajstić information content (AvgIpc) is 3.13. The van der Waals surface area contributed by atoms with E-state index in [0.717, 1.165) is 0 Å². The van der Waals surface area contributed by atoms with Gasteiger partial charge >= 0.3 is 5.97 Å². The average molecular weight is 435 g/mol. The first-order valence-corrected chi connectivity index (χ1v) is 9.90. The molecule has 0 N–H and O–H groups in total. The molecular formula is C25H19F2NO4. The molecule has 0 saturated carbocycles. The maximum absolute atomic E-state index is 14.2. The van der Waals surface area contributed by atoms with Gasteiger partial charge in [-0.1, -0.05) is 0 Å². The molecule has 0 spiro atoms. The first-order valence-electron chi connectivity index (χ1n) is 9.90. The second-order valence-corrected chi connectivity index (χ2v) is 6.98. The van der Waals surface area contributed by atoms with Crippen molar-refractivity contribution >= 4 is 22.7 Å². The summed E-state index contributed by atoms with van der Waals surface area (Å²) in [5, 5.41) is 0.375. The number of methoxy groups -OCH3 is 1. The molecule has 0 aliphatic heterocycles. The van der Waals surface area contributed by atoms with Crippen molar-refractivity contribution in [2.75, 3.05) is 13.7 Å². The summed E-state index contributed by atoms with van der Waals surface area (Å²) in [5.41, 5.74) is 1.02. The second-order valence-electron chi connectivity index (χ2n) is 6.98. The minimum Gasteiger partial charge on any atom is -0.497 e. The molecule has 7 heteroatoms. The number of halogens is 2. The van der Waals surface area contributed by atoms with Gasteiger partial charge in [-0.05, 0) is 73.7 Å². The SMILES string of the molecule is CCOC(=O)c1c(C(=O)c2ccc(OC)cc2)c2ccc(F)cc2n1-c1ccc(F)cc1. The number of hydrogen-bond acceptors (Lipinski definition) is 4. The number of rotatable bonds is 6. The number of carbonyl (C=O) groups is 2. The molecule has 4 rings (SSSR count).